The maximum atomic E-state index is 13.6. The zero-order valence-electron chi connectivity index (χ0n) is 12.2. The number of benzene rings is 2. The third-order valence-corrected chi connectivity index (χ3v) is 3.62. The van der Waals surface area contributed by atoms with E-state index in [0.717, 1.165) is 22.7 Å². The SMILES string of the molecule is Cc1ccc(NC(C)c2ccc3c(c2)OCCO3)cc1F. The van der Waals surface area contributed by atoms with Crippen LogP contribution in [0.1, 0.15) is 24.1 Å². The average Bonchev–Trinajstić information content (AvgIpc) is 2.50. The number of hydrogen-bond donors (Lipinski definition) is 1. The molecule has 0 amide bonds. The first-order valence-electron chi connectivity index (χ1n) is 7.06. The molecule has 1 aliphatic rings. The summed E-state index contributed by atoms with van der Waals surface area (Å²) in [5.74, 6) is 1.34. The molecule has 3 rings (SSSR count). The highest BCUT2D eigenvalue weighted by molar-refractivity contribution is 5.50. The molecular formula is C17H18FNO2. The first-order chi connectivity index (χ1) is 10.1. The minimum Gasteiger partial charge on any atom is -0.486 e. The van der Waals surface area contributed by atoms with Crippen molar-refractivity contribution in [2.24, 2.45) is 0 Å². The number of hydrogen-bond acceptors (Lipinski definition) is 3. The van der Waals surface area contributed by atoms with Crippen molar-refractivity contribution in [2.45, 2.75) is 19.9 Å². The van der Waals surface area contributed by atoms with Crippen LogP contribution in [0.5, 0.6) is 11.5 Å². The monoisotopic (exact) mass is 287 g/mol. The number of fused-ring (bicyclic) bond motifs is 1. The molecule has 1 N–H and O–H groups in total. The Morgan fingerprint density at radius 3 is 2.57 bits per heavy atom. The second-order valence-electron chi connectivity index (χ2n) is 5.23. The highest BCUT2D eigenvalue weighted by Crippen LogP contribution is 2.33. The van der Waals surface area contributed by atoms with Gasteiger partial charge in [-0.15, -0.1) is 0 Å². The molecule has 0 radical (unpaired) electrons. The minimum atomic E-state index is -0.200. The largest absolute Gasteiger partial charge is 0.486 e. The molecule has 2 aromatic carbocycles. The quantitative estimate of drug-likeness (QED) is 0.922. The second-order valence-corrected chi connectivity index (χ2v) is 5.23. The molecule has 0 spiro atoms. The fourth-order valence-corrected chi connectivity index (χ4v) is 2.35. The van der Waals surface area contributed by atoms with Gasteiger partial charge in [-0.1, -0.05) is 12.1 Å². The topological polar surface area (TPSA) is 30.5 Å². The Hall–Kier alpha value is -2.23. The predicted octanol–water partition coefficient (Wildman–Crippen LogP) is 4.08. The molecule has 2 aromatic rings. The highest BCUT2D eigenvalue weighted by Gasteiger charge is 2.14. The van der Waals surface area contributed by atoms with Crippen LogP contribution in [-0.4, -0.2) is 13.2 Å². The number of rotatable bonds is 3. The van der Waals surface area contributed by atoms with Crippen molar-refractivity contribution in [1.82, 2.24) is 0 Å². The second kappa shape index (κ2) is 5.64. The Labute approximate surface area is 123 Å². The van der Waals surface area contributed by atoms with Crippen LogP contribution in [0, 0.1) is 12.7 Å². The summed E-state index contributed by atoms with van der Waals surface area (Å²) in [6, 6.07) is 11.1. The van der Waals surface area contributed by atoms with E-state index >= 15 is 0 Å². The van der Waals surface area contributed by atoms with Crippen molar-refractivity contribution >= 4 is 5.69 Å². The number of aryl methyl sites for hydroxylation is 1. The Balaban J connectivity index is 1.78. The molecule has 0 fully saturated rings. The molecule has 4 heteroatoms. The van der Waals surface area contributed by atoms with E-state index in [-0.39, 0.29) is 11.9 Å². The van der Waals surface area contributed by atoms with Gasteiger partial charge in [-0.05, 0) is 49.2 Å². The van der Waals surface area contributed by atoms with Gasteiger partial charge in [-0.25, -0.2) is 4.39 Å². The van der Waals surface area contributed by atoms with Crippen LogP contribution >= 0.6 is 0 Å². The summed E-state index contributed by atoms with van der Waals surface area (Å²) in [5, 5.41) is 3.30. The van der Waals surface area contributed by atoms with Gasteiger partial charge in [-0.2, -0.15) is 0 Å². The Kier molecular flexibility index (Phi) is 3.69. The summed E-state index contributed by atoms with van der Waals surface area (Å²) < 4.78 is 24.7. The van der Waals surface area contributed by atoms with E-state index < -0.39 is 0 Å². The van der Waals surface area contributed by atoms with Gasteiger partial charge < -0.3 is 14.8 Å². The minimum absolute atomic E-state index is 0.0444. The molecule has 1 heterocycles. The zero-order valence-corrected chi connectivity index (χ0v) is 12.2. The van der Waals surface area contributed by atoms with Crippen LogP contribution in [0.15, 0.2) is 36.4 Å². The standard InChI is InChI=1S/C17H18FNO2/c1-11-3-5-14(10-15(11)18)19-12(2)13-4-6-16-17(9-13)21-8-7-20-16/h3-6,9-10,12,19H,7-8H2,1-2H3. The number of halogens is 1. The van der Waals surface area contributed by atoms with Crippen LogP contribution in [0.2, 0.25) is 0 Å². The molecule has 0 saturated carbocycles. The number of anilines is 1. The van der Waals surface area contributed by atoms with Crippen molar-refractivity contribution in [1.29, 1.82) is 0 Å². The molecule has 3 nitrogen and oxygen atoms in total. The van der Waals surface area contributed by atoms with Gasteiger partial charge in [0.25, 0.3) is 0 Å². The molecule has 0 bridgehead atoms. The fraction of sp³-hybridized carbons (Fsp3) is 0.294. The van der Waals surface area contributed by atoms with Crippen molar-refractivity contribution in [3.63, 3.8) is 0 Å². The molecule has 0 aromatic heterocycles. The molecule has 21 heavy (non-hydrogen) atoms. The molecule has 1 unspecified atom stereocenters. The van der Waals surface area contributed by atoms with Gasteiger partial charge >= 0.3 is 0 Å². The summed E-state index contributed by atoms with van der Waals surface area (Å²) in [6.45, 7) is 4.94. The third kappa shape index (κ3) is 2.94. The predicted molar refractivity (Wildman–Crippen MR) is 80.6 cm³/mol. The molecule has 110 valence electrons. The lowest BCUT2D eigenvalue weighted by atomic mass is 10.1. The summed E-state index contributed by atoms with van der Waals surface area (Å²) in [6.07, 6.45) is 0. The van der Waals surface area contributed by atoms with Gasteiger partial charge in [0, 0.05) is 11.7 Å². The Bertz CT molecular complexity index is 657. The number of nitrogens with one attached hydrogen (secondary N) is 1. The lowest BCUT2D eigenvalue weighted by Gasteiger charge is -2.21. The zero-order chi connectivity index (χ0) is 14.8. The maximum absolute atomic E-state index is 13.6. The van der Waals surface area contributed by atoms with E-state index in [0.29, 0.717) is 18.8 Å². The van der Waals surface area contributed by atoms with E-state index in [1.165, 1.54) is 6.07 Å². The molecule has 0 saturated heterocycles. The summed E-state index contributed by atoms with van der Waals surface area (Å²) in [7, 11) is 0. The smallest absolute Gasteiger partial charge is 0.161 e. The van der Waals surface area contributed by atoms with E-state index in [2.05, 4.69) is 5.32 Å². The van der Waals surface area contributed by atoms with E-state index in [9.17, 15) is 4.39 Å². The van der Waals surface area contributed by atoms with Crippen LogP contribution in [0.4, 0.5) is 10.1 Å². The lowest BCUT2D eigenvalue weighted by molar-refractivity contribution is 0.171. The van der Waals surface area contributed by atoms with Gasteiger partial charge in [-0.3, -0.25) is 0 Å². The Morgan fingerprint density at radius 1 is 1.05 bits per heavy atom. The van der Waals surface area contributed by atoms with Crippen LogP contribution in [0.3, 0.4) is 0 Å². The first kappa shape index (κ1) is 13.7. The maximum Gasteiger partial charge on any atom is 0.161 e. The van der Waals surface area contributed by atoms with E-state index in [1.807, 2.05) is 31.2 Å². The van der Waals surface area contributed by atoms with Gasteiger partial charge in [0.15, 0.2) is 11.5 Å². The highest BCUT2D eigenvalue weighted by atomic mass is 19.1. The van der Waals surface area contributed by atoms with E-state index in [4.69, 9.17) is 9.47 Å². The van der Waals surface area contributed by atoms with Crippen molar-refractivity contribution < 1.29 is 13.9 Å². The van der Waals surface area contributed by atoms with Crippen LogP contribution in [-0.2, 0) is 0 Å². The van der Waals surface area contributed by atoms with Crippen molar-refractivity contribution in [2.75, 3.05) is 18.5 Å². The van der Waals surface area contributed by atoms with Crippen molar-refractivity contribution in [3.8, 4) is 11.5 Å². The van der Waals surface area contributed by atoms with Crippen molar-refractivity contribution in [3.05, 3.63) is 53.3 Å². The fourth-order valence-electron chi connectivity index (χ4n) is 2.35. The number of ether oxygens (including phenoxy) is 2. The average molecular weight is 287 g/mol. The third-order valence-electron chi connectivity index (χ3n) is 3.62. The molecule has 0 aliphatic carbocycles. The first-order valence-corrected chi connectivity index (χ1v) is 7.06. The normalized spacial score (nSPS) is 14.6. The molecular weight excluding hydrogens is 269 g/mol. The molecule has 1 aliphatic heterocycles. The van der Waals surface area contributed by atoms with Crippen LogP contribution < -0.4 is 14.8 Å². The van der Waals surface area contributed by atoms with Crippen LogP contribution in [0.25, 0.3) is 0 Å². The van der Waals surface area contributed by atoms with Gasteiger partial charge in [0.1, 0.15) is 19.0 Å². The van der Waals surface area contributed by atoms with E-state index in [1.54, 1.807) is 13.0 Å². The lowest BCUT2D eigenvalue weighted by Crippen LogP contribution is -2.16. The molecule has 1 atom stereocenters. The summed E-state index contributed by atoms with van der Waals surface area (Å²) in [4.78, 5) is 0. The summed E-state index contributed by atoms with van der Waals surface area (Å²) in [5.41, 5.74) is 2.48. The van der Waals surface area contributed by atoms with Gasteiger partial charge in [0.05, 0.1) is 0 Å². The van der Waals surface area contributed by atoms with Gasteiger partial charge in [0.2, 0.25) is 0 Å². The summed E-state index contributed by atoms with van der Waals surface area (Å²) >= 11 is 0. The Morgan fingerprint density at radius 2 is 1.81 bits per heavy atom.